The minimum atomic E-state index is -1.95. The third-order valence-electron chi connectivity index (χ3n) is 5.52. The zero-order valence-electron chi connectivity index (χ0n) is 17.0. The van der Waals surface area contributed by atoms with E-state index in [4.69, 9.17) is 19.3 Å². The molecule has 2 aliphatic heterocycles. The molecule has 2 aromatic rings. The molecule has 4 rings (SSSR count). The van der Waals surface area contributed by atoms with Crippen LogP contribution in [0.2, 0.25) is 0 Å². The molecular weight excluding hydrogens is 460 g/mol. The Morgan fingerprint density at radius 3 is 2.18 bits per heavy atom. The number of aromatic hydroxyl groups is 3. The summed E-state index contributed by atoms with van der Waals surface area (Å²) in [5, 5.41) is 79.9. The number of carboxylic acids is 1. The number of carbonyl (C=O) groups is 2. The number of aliphatic carboxylic acids is 1. The van der Waals surface area contributed by atoms with Crippen molar-refractivity contribution in [1.29, 1.82) is 0 Å². The lowest BCUT2D eigenvalue weighted by Crippen LogP contribution is -2.61. The molecule has 13 heteroatoms. The van der Waals surface area contributed by atoms with Gasteiger partial charge in [-0.3, -0.25) is 4.79 Å². The van der Waals surface area contributed by atoms with Gasteiger partial charge in [-0.1, -0.05) is 6.07 Å². The Morgan fingerprint density at radius 2 is 1.56 bits per heavy atom. The van der Waals surface area contributed by atoms with Crippen LogP contribution in [0.1, 0.15) is 22.0 Å². The van der Waals surface area contributed by atoms with E-state index in [1.807, 2.05) is 0 Å². The van der Waals surface area contributed by atoms with E-state index in [1.165, 1.54) is 18.2 Å². The molecule has 0 amide bonds. The predicted octanol–water partition coefficient (Wildman–Crippen LogP) is -1.25. The number of carbonyl (C=O) groups excluding carboxylic acids is 1. The SMILES string of the molecule is O=C1c2c(O)cc(O[C@@H]3O[C@H](C(=O)O)[C@@H](O)[C@H](O)[C@H]3O)cc2OC(c2c(O)cccc2O)C1O. The van der Waals surface area contributed by atoms with E-state index in [-0.39, 0.29) is 17.1 Å². The molecule has 0 aromatic heterocycles. The fourth-order valence-corrected chi connectivity index (χ4v) is 3.80. The summed E-state index contributed by atoms with van der Waals surface area (Å²) in [6.45, 7) is 0. The number of benzene rings is 2. The van der Waals surface area contributed by atoms with Crippen molar-refractivity contribution in [3.63, 3.8) is 0 Å². The largest absolute Gasteiger partial charge is 0.507 e. The monoisotopic (exact) mass is 480 g/mol. The second kappa shape index (κ2) is 8.62. The number of phenolic OH excluding ortho intramolecular Hbond substituents is 3. The van der Waals surface area contributed by atoms with Gasteiger partial charge < -0.3 is 55.1 Å². The van der Waals surface area contributed by atoms with Crippen molar-refractivity contribution in [3.05, 3.63) is 41.5 Å². The van der Waals surface area contributed by atoms with Gasteiger partial charge in [-0.05, 0) is 12.1 Å². The summed E-state index contributed by atoms with van der Waals surface area (Å²) in [7, 11) is 0. The van der Waals surface area contributed by atoms with E-state index in [9.17, 15) is 45.3 Å². The predicted molar refractivity (Wildman–Crippen MR) is 107 cm³/mol. The van der Waals surface area contributed by atoms with Crippen molar-refractivity contribution in [2.75, 3.05) is 0 Å². The molecule has 2 heterocycles. The van der Waals surface area contributed by atoms with Crippen molar-refractivity contribution < 1.29 is 64.7 Å². The summed E-state index contributed by atoms with van der Waals surface area (Å²) >= 11 is 0. The second-order valence-electron chi connectivity index (χ2n) is 7.73. The number of ether oxygens (including phenoxy) is 3. The molecule has 182 valence electrons. The van der Waals surface area contributed by atoms with Crippen LogP contribution in [0.4, 0.5) is 0 Å². The van der Waals surface area contributed by atoms with Gasteiger partial charge in [0.05, 0.1) is 5.56 Å². The van der Waals surface area contributed by atoms with E-state index in [2.05, 4.69) is 0 Å². The van der Waals surface area contributed by atoms with Crippen molar-refractivity contribution in [1.82, 2.24) is 0 Å². The Hall–Kier alpha value is -3.62. The normalized spacial score (nSPS) is 30.8. The van der Waals surface area contributed by atoms with Gasteiger partial charge in [-0.2, -0.15) is 0 Å². The zero-order valence-corrected chi connectivity index (χ0v) is 17.0. The molecular formula is C21H20O13. The third-order valence-corrected chi connectivity index (χ3v) is 5.52. The van der Waals surface area contributed by atoms with E-state index >= 15 is 0 Å². The number of fused-ring (bicyclic) bond motifs is 1. The number of phenols is 3. The van der Waals surface area contributed by atoms with Crippen LogP contribution in [0.25, 0.3) is 0 Å². The number of hydrogen-bond donors (Lipinski definition) is 8. The molecule has 2 unspecified atom stereocenters. The third kappa shape index (κ3) is 3.85. The summed E-state index contributed by atoms with van der Waals surface area (Å²) < 4.78 is 15.9. The molecule has 0 bridgehead atoms. The van der Waals surface area contributed by atoms with Crippen molar-refractivity contribution in [3.8, 4) is 28.7 Å². The van der Waals surface area contributed by atoms with Gasteiger partial charge in [0.15, 0.2) is 18.3 Å². The van der Waals surface area contributed by atoms with Crippen LogP contribution >= 0.6 is 0 Å². The molecule has 34 heavy (non-hydrogen) atoms. The Morgan fingerprint density at radius 1 is 0.912 bits per heavy atom. The molecule has 0 saturated carbocycles. The Labute approximate surface area is 190 Å². The van der Waals surface area contributed by atoms with Gasteiger partial charge >= 0.3 is 5.97 Å². The molecule has 1 fully saturated rings. The second-order valence-corrected chi connectivity index (χ2v) is 7.73. The molecule has 0 aliphatic carbocycles. The first-order valence-electron chi connectivity index (χ1n) is 9.87. The number of hydrogen-bond acceptors (Lipinski definition) is 12. The van der Waals surface area contributed by atoms with E-state index in [1.54, 1.807) is 0 Å². The topological polar surface area (TPSA) is 224 Å². The standard InChI is InChI=1S/C21H20O13/c22-7-2-1-3-8(23)11(7)18-15(27)13(25)12-9(24)4-6(5-10(12)33-18)32-21-17(29)14(26)16(28)19(34-21)20(30)31/h1-5,14-19,21-24,26-29H,(H,30,31)/t14-,15?,16-,17+,18?,19-,21+/m0/s1. The lowest BCUT2D eigenvalue weighted by atomic mass is 9.92. The Kier molecular flexibility index (Phi) is 5.97. The smallest absolute Gasteiger partial charge is 0.335 e. The average molecular weight is 480 g/mol. The maximum Gasteiger partial charge on any atom is 0.335 e. The summed E-state index contributed by atoms with van der Waals surface area (Å²) in [6, 6.07) is 5.66. The first-order chi connectivity index (χ1) is 16.0. The summed E-state index contributed by atoms with van der Waals surface area (Å²) in [4.78, 5) is 24.0. The van der Waals surface area contributed by atoms with Crippen LogP contribution < -0.4 is 9.47 Å². The van der Waals surface area contributed by atoms with Crippen LogP contribution in [0.3, 0.4) is 0 Å². The van der Waals surface area contributed by atoms with Gasteiger partial charge in [0.1, 0.15) is 52.6 Å². The summed E-state index contributed by atoms with van der Waals surface area (Å²) in [5.74, 6) is -4.91. The number of Topliss-reactive ketones (excluding diaryl/α,β-unsaturated/α-hetero) is 1. The van der Waals surface area contributed by atoms with E-state index in [0.29, 0.717) is 0 Å². The number of aliphatic hydroxyl groups is 4. The molecule has 2 aliphatic rings. The first-order valence-corrected chi connectivity index (χ1v) is 9.87. The zero-order chi connectivity index (χ0) is 24.9. The highest BCUT2D eigenvalue weighted by molar-refractivity contribution is 6.05. The highest BCUT2D eigenvalue weighted by Gasteiger charge is 2.48. The maximum atomic E-state index is 12.7. The highest BCUT2D eigenvalue weighted by Crippen LogP contribution is 2.46. The van der Waals surface area contributed by atoms with Gasteiger partial charge in [-0.25, -0.2) is 4.79 Å². The van der Waals surface area contributed by atoms with Crippen molar-refractivity contribution >= 4 is 11.8 Å². The van der Waals surface area contributed by atoms with E-state index < -0.39 is 77.5 Å². The van der Waals surface area contributed by atoms with E-state index in [0.717, 1.165) is 12.1 Å². The van der Waals surface area contributed by atoms with Gasteiger partial charge in [-0.15, -0.1) is 0 Å². The Balaban J connectivity index is 1.67. The van der Waals surface area contributed by atoms with Gasteiger partial charge in [0.25, 0.3) is 0 Å². The molecule has 7 atom stereocenters. The first kappa shape index (κ1) is 23.5. The summed E-state index contributed by atoms with van der Waals surface area (Å²) in [6.07, 6.45) is -13.0. The molecule has 13 nitrogen and oxygen atoms in total. The molecule has 1 saturated heterocycles. The van der Waals surface area contributed by atoms with Crippen LogP contribution in [-0.2, 0) is 9.53 Å². The number of aliphatic hydroxyl groups excluding tert-OH is 4. The maximum absolute atomic E-state index is 12.7. The molecule has 0 radical (unpaired) electrons. The quantitative estimate of drug-likeness (QED) is 0.256. The Bertz CT molecular complexity index is 1110. The number of ketones is 1. The number of carboxylic acid groups (broad SMARTS) is 1. The van der Waals surface area contributed by atoms with Gasteiger partial charge in [0.2, 0.25) is 12.1 Å². The van der Waals surface area contributed by atoms with Gasteiger partial charge in [0, 0.05) is 12.1 Å². The van der Waals surface area contributed by atoms with Crippen LogP contribution in [0.5, 0.6) is 28.7 Å². The van der Waals surface area contributed by atoms with Crippen molar-refractivity contribution in [2.24, 2.45) is 0 Å². The van der Waals surface area contributed by atoms with Crippen LogP contribution in [0.15, 0.2) is 30.3 Å². The average Bonchev–Trinajstić information content (AvgIpc) is 2.76. The summed E-state index contributed by atoms with van der Waals surface area (Å²) in [5.41, 5.74) is -0.720. The lowest BCUT2D eigenvalue weighted by molar-refractivity contribution is -0.271. The number of rotatable bonds is 4. The molecule has 0 spiro atoms. The fourth-order valence-electron chi connectivity index (χ4n) is 3.80. The highest BCUT2D eigenvalue weighted by atomic mass is 16.7. The fraction of sp³-hybridized carbons (Fsp3) is 0.333. The minimum absolute atomic E-state index is 0.285. The van der Waals surface area contributed by atoms with Crippen LogP contribution in [0, 0.1) is 0 Å². The minimum Gasteiger partial charge on any atom is -0.507 e. The molecule has 8 N–H and O–H groups in total. The van der Waals surface area contributed by atoms with Crippen LogP contribution in [-0.4, -0.2) is 89.4 Å². The van der Waals surface area contributed by atoms with Crippen molar-refractivity contribution in [2.45, 2.75) is 42.9 Å². The lowest BCUT2D eigenvalue weighted by Gasteiger charge is -2.38. The molecule has 2 aromatic carbocycles.